The summed E-state index contributed by atoms with van der Waals surface area (Å²) in [5, 5.41) is 0. The molecule has 0 saturated carbocycles. The monoisotopic (exact) mass is 169 g/mol. The molecular formula is C6H3F2Fe-. The van der Waals surface area contributed by atoms with Crippen molar-refractivity contribution in [3.8, 4) is 0 Å². The molecule has 9 heavy (non-hydrogen) atoms. The van der Waals surface area contributed by atoms with Crippen molar-refractivity contribution in [3.63, 3.8) is 0 Å². The predicted octanol–water partition coefficient (Wildman–Crippen LogP) is 1.76. The Morgan fingerprint density at radius 2 is 1.56 bits per heavy atom. The number of rotatable bonds is 0. The van der Waals surface area contributed by atoms with Gasteiger partial charge in [0.05, 0.1) is 0 Å². The first kappa shape index (κ1) is 8.60. The third-order valence-electron chi connectivity index (χ3n) is 0.718. The van der Waals surface area contributed by atoms with Crippen LogP contribution in [0.1, 0.15) is 0 Å². The van der Waals surface area contributed by atoms with Crippen LogP contribution in [0.3, 0.4) is 0 Å². The molecule has 1 rings (SSSR count). The third kappa shape index (κ3) is 2.59. The first-order valence-electron chi connectivity index (χ1n) is 2.11. The summed E-state index contributed by atoms with van der Waals surface area (Å²) >= 11 is 0. The Bertz CT molecular complexity index is 171. The van der Waals surface area contributed by atoms with Crippen molar-refractivity contribution in [1.82, 2.24) is 0 Å². The molecule has 0 aliphatic rings. The van der Waals surface area contributed by atoms with Gasteiger partial charge in [0.2, 0.25) is 0 Å². The molecule has 0 saturated heterocycles. The number of hydrogen-bond donors (Lipinski definition) is 0. The molecule has 0 atom stereocenters. The van der Waals surface area contributed by atoms with E-state index in [0.29, 0.717) is 0 Å². The second-order valence-corrected chi connectivity index (χ2v) is 1.37. The average molecular weight is 169 g/mol. The Morgan fingerprint density at radius 3 is 1.78 bits per heavy atom. The maximum Gasteiger partial charge on any atom is 0.0114 e. The molecule has 0 bridgehead atoms. The van der Waals surface area contributed by atoms with Crippen LogP contribution in [0.4, 0.5) is 8.78 Å². The van der Waals surface area contributed by atoms with Gasteiger partial charge in [0.1, 0.15) is 0 Å². The van der Waals surface area contributed by atoms with Crippen LogP contribution in [0.25, 0.3) is 0 Å². The summed E-state index contributed by atoms with van der Waals surface area (Å²) in [6.07, 6.45) is 0. The van der Waals surface area contributed by atoms with Crippen LogP contribution in [0, 0.1) is 17.7 Å². The van der Waals surface area contributed by atoms with Gasteiger partial charge in [-0.3, -0.25) is 8.78 Å². The maximum atomic E-state index is 11.9. The zero-order valence-corrected chi connectivity index (χ0v) is 5.45. The predicted molar refractivity (Wildman–Crippen MR) is 25.2 cm³/mol. The van der Waals surface area contributed by atoms with Crippen LogP contribution in [0.15, 0.2) is 18.2 Å². The molecule has 0 radical (unpaired) electrons. The molecule has 0 nitrogen and oxygen atoms in total. The first-order chi connectivity index (χ1) is 3.79. The summed E-state index contributed by atoms with van der Waals surface area (Å²) in [6.45, 7) is 0. The van der Waals surface area contributed by atoms with Crippen LogP contribution in [-0.4, -0.2) is 0 Å². The van der Waals surface area contributed by atoms with Crippen molar-refractivity contribution in [2.24, 2.45) is 0 Å². The average Bonchev–Trinajstić information content (AvgIpc) is 1.64. The van der Waals surface area contributed by atoms with Crippen molar-refractivity contribution in [2.75, 3.05) is 0 Å². The molecule has 0 aliphatic heterocycles. The van der Waals surface area contributed by atoms with Crippen LogP contribution in [0.2, 0.25) is 0 Å². The molecule has 50 valence electrons. The quantitative estimate of drug-likeness (QED) is 0.410. The minimum atomic E-state index is -0.593. The van der Waals surface area contributed by atoms with E-state index in [-0.39, 0.29) is 17.1 Å². The van der Waals surface area contributed by atoms with E-state index >= 15 is 0 Å². The molecule has 0 N–H and O–H groups in total. The molecule has 0 spiro atoms. The molecular weight excluding hydrogens is 166 g/mol. The Hall–Kier alpha value is -0.401. The number of benzene rings is 1. The van der Waals surface area contributed by atoms with Gasteiger partial charge in [-0.05, 0) is 0 Å². The topological polar surface area (TPSA) is 0 Å². The second-order valence-electron chi connectivity index (χ2n) is 1.37. The molecule has 3 heteroatoms. The molecule has 1 aromatic carbocycles. The van der Waals surface area contributed by atoms with Gasteiger partial charge in [-0.1, -0.05) is 0 Å². The summed E-state index contributed by atoms with van der Waals surface area (Å²) in [4.78, 5) is 0. The van der Waals surface area contributed by atoms with Gasteiger partial charge in [0.25, 0.3) is 0 Å². The van der Waals surface area contributed by atoms with Crippen molar-refractivity contribution in [2.45, 2.75) is 0 Å². The van der Waals surface area contributed by atoms with Crippen LogP contribution >= 0.6 is 0 Å². The number of hydrogen-bond acceptors (Lipinski definition) is 0. The molecule has 1 aromatic rings. The normalized spacial score (nSPS) is 8.22. The molecule has 0 unspecified atom stereocenters. The molecule has 0 amide bonds. The Morgan fingerprint density at radius 1 is 1.11 bits per heavy atom. The first-order valence-corrected chi connectivity index (χ1v) is 2.11. The van der Waals surface area contributed by atoms with E-state index in [4.69, 9.17) is 0 Å². The van der Waals surface area contributed by atoms with E-state index < -0.39 is 11.6 Å². The smallest absolute Gasteiger partial charge is 0.0114 e. The third-order valence-corrected chi connectivity index (χ3v) is 0.718. The maximum absolute atomic E-state index is 11.9. The Labute approximate surface area is 62.4 Å². The fraction of sp³-hybridized carbons (Fsp3) is 0. The van der Waals surface area contributed by atoms with Crippen molar-refractivity contribution in [3.05, 3.63) is 35.9 Å². The van der Waals surface area contributed by atoms with Crippen molar-refractivity contribution >= 4 is 0 Å². The van der Waals surface area contributed by atoms with Crippen molar-refractivity contribution < 1.29 is 25.8 Å². The standard InChI is InChI=1S/C6H3F2.Fe/c7-5-2-1-3-6(8)4-5;/h2-4H;/q-1;. The minimum absolute atomic E-state index is 0. The van der Waals surface area contributed by atoms with Gasteiger partial charge in [-0.15, -0.1) is 18.2 Å². The van der Waals surface area contributed by atoms with Gasteiger partial charge in [0, 0.05) is 28.7 Å². The summed E-state index contributed by atoms with van der Waals surface area (Å²) < 4.78 is 23.8. The van der Waals surface area contributed by atoms with Crippen LogP contribution in [0.5, 0.6) is 0 Å². The second kappa shape index (κ2) is 3.59. The van der Waals surface area contributed by atoms with E-state index in [1.54, 1.807) is 0 Å². The zero-order chi connectivity index (χ0) is 5.98. The molecule has 0 aromatic heterocycles. The van der Waals surface area contributed by atoms with E-state index in [0.717, 1.165) is 18.2 Å². The van der Waals surface area contributed by atoms with E-state index in [9.17, 15) is 8.78 Å². The summed E-state index contributed by atoms with van der Waals surface area (Å²) in [6, 6.07) is 5.23. The Kier molecular flexibility index (Phi) is 3.43. The minimum Gasteiger partial charge on any atom is -0.284 e. The summed E-state index contributed by atoms with van der Waals surface area (Å²) in [7, 11) is 0. The molecule has 0 heterocycles. The van der Waals surface area contributed by atoms with Gasteiger partial charge < -0.3 is 0 Å². The van der Waals surface area contributed by atoms with Gasteiger partial charge in [0.15, 0.2) is 0 Å². The fourth-order valence-electron chi connectivity index (χ4n) is 0.416. The van der Waals surface area contributed by atoms with Crippen molar-refractivity contribution in [1.29, 1.82) is 0 Å². The summed E-state index contributed by atoms with van der Waals surface area (Å²) in [5.41, 5.74) is 0. The molecule has 0 aliphatic carbocycles. The van der Waals surface area contributed by atoms with Gasteiger partial charge >= 0.3 is 0 Å². The van der Waals surface area contributed by atoms with Crippen LogP contribution in [-0.2, 0) is 17.1 Å². The Balaban J connectivity index is 0.000000640. The van der Waals surface area contributed by atoms with Crippen LogP contribution < -0.4 is 0 Å². The molecule has 0 fully saturated rings. The fourth-order valence-corrected chi connectivity index (χ4v) is 0.416. The van der Waals surface area contributed by atoms with E-state index in [2.05, 4.69) is 6.07 Å². The zero-order valence-electron chi connectivity index (χ0n) is 4.34. The van der Waals surface area contributed by atoms with E-state index in [1.165, 1.54) is 0 Å². The van der Waals surface area contributed by atoms with Gasteiger partial charge in [-0.2, -0.15) is 6.07 Å². The number of halogens is 2. The SMILES string of the molecule is Fc1c[c-]cc(F)c1.[Fe]. The van der Waals surface area contributed by atoms with Gasteiger partial charge in [-0.25, -0.2) is 0 Å². The largest absolute Gasteiger partial charge is 0.284 e. The summed E-state index contributed by atoms with van der Waals surface area (Å²) in [5.74, 6) is -1.19. The van der Waals surface area contributed by atoms with E-state index in [1.807, 2.05) is 0 Å².